The van der Waals surface area contributed by atoms with Gasteiger partial charge in [-0.3, -0.25) is 4.98 Å². The van der Waals surface area contributed by atoms with Crippen molar-refractivity contribution in [1.82, 2.24) is 13.7 Å². The molecular formula is C8H8N4OS. The summed E-state index contributed by atoms with van der Waals surface area (Å²) in [5, 5.41) is 0. The fourth-order valence-corrected chi connectivity index (χ4v) is 1.55. The number of rotatable bonds is 2. The second kappa shape index (κ2) is 3.59. The van der Waals surface area contributed by atoms with Crippen LogP contribution in [0.25, 0.3) is 11.3 Å². The van der Waals surface area contributed by atoms with Gasteiger partial charge in [0.25, 0.3) is 0 Å². The number of hydrogen-bond acceptors (Lipinski definition) is 6. The molecule has 0 aliphatic carbocycles. The third-order valence-corrected chi connectivity index (χ3v) is 2.28. The van der Waals surface area contributed by atoms with E-state index in [0.29, 0.717) is 17.3 Å². The Morgan fingerprint density at radius 3 is 2.86 bits per heavy atom. The van der Waals surface area contributed by atoms with Crippen molar-refractivity contribution in [2.75, 3.05) is 12.8 Å². The molecule has 0 saturated heterocycles. The van der Waals surface area contributed by atoms with Crippen LogP contribution in [0.2, 0.25) is 0 Å². The summed E-state index contributed by atoms with van der Waals surface area (Å²) < 4.78 is 13.0. The minimum atomic E-state index is 0.421. The molecule has 6 heteroatoms. The van der Waals surface area contributed by atoms with E-state index < -0.39 is 0 Å². The molecule has 0 spiro atoms. The molecule has 0 bridgehead atoms. The molecule has 72 valence electrons. The van der Waals surface area contributed by atoms with Gasteiger partial charge in [-0.05, 0) is 6.07 Å². The van der Waals surface area contributed by atoms with Crippen LogP contribution in [0.1, 0.15) is 0 Å². The number of nitrogens with zero attached hydrogens (tertiary/aromatic N) is 3. The second-order valence-corrected chi connectivity index (χ2v) is 3.14. The zero-order valence-corrected chi connectivity index (χ0v) is 8.28. The van der Waals surface area contributed by atoms with Crippen molar-refractivity contribution in [3.63, 3.8) is 0 Å². The largest absolute Gasteiger partial charge is 0.495 e. The molecule has 0 atom stereocenters. The predicted octanol–water partition coefficient (Wildman–Crippen LogP) is 1.19. The smallest absolute Gasteiger partial charge is 0.165 e. The van der Waals surface area contributed by atoms with E-state index in [1.807, 2.05) is 6.07 Å². The van der Waals surface area contributed by atoms with E-state index >= 15 is 0 Å². The number of pyridine rings is 1. The Hall–Kier alpha value is -1.69. The molecule has 0 radical (unpaired) electrons. The number of methoxy groups -OCH3 is 1. The van der Waals surface area contributed by atoms with E-state index in [4.69, 9.17) is 10.5 Å². The van der Waals surface area contributed by atoms with Gasteiger partial charge in [-0.1, -0.05) is 0 Å². The molecule has 0 aliphatic heterocycles. The van der Waals surface area contributed by atoms with Crippen molar-refractivity contribution in [2.45, 2.75) is 0 Å². The average Bonchev–Trinajstić information content (AvgIpc) is 2.65. The Kier molecular flexibility index (Phi) is 2.28. The van der Waals surface area contributed by atoms with E-state index in [1.54, 1.807) is 19.5 Å². The lowest BCUT2D eigenvalue weighted by Crippen LogP contribution is -1.90. The molecule has 2 aromatic heterocycles. The molecule has 0 aromatic carbocycles. The highest BCUT2D eigenvalue weighted by Gasteiger charge is 2.08. The molecule has 0 amide bonds. The lowest BCUT2D eigenvalue weighted by atomic mass is 10.2. The van der Waals surface area contributed by atoms with Crippen LogP contribution in [-0.4, -0.2) is 20.8 Å². The van der Waals surface area contributed by atoms with E-state index in [0.717, 1.165) is 17.3 Å². The minimum absolute atomic E-state index is 0.421. The van der Waals surface area contributed by atoms with E-state index in [-0.39, 0.29) is 0 Å². The fourth-order valence-electron chi connectivity index (χ4n) is 1.06. The Labute approximate surface area is 84.9 Å². The topological polar surface area (TPSA) is 73.9 Å². The van der Waals surface area contributed by atoms with Crippen molar-refractivity contribution in [3.05, 3.63) is 18.5 Å². The van der Waals surface area contributed by atoms with Gasteiger partial charge in [-0.2, -0.15) is 8.75 Å². The van der Waals surface area contributed by atoms with Gasteiger partial charge in [0.2, 0.25) is 0 Å². The summed E-state index contributed by atoms with van der Waals surface area (Å²) >= 11 is 1.08. The van der Waals surface area contributed by atoms with Gasteiger partial charge in [0.15, 0.2) is 5.82 Å². The van der Waals surface area contributed by atoms with Crippen molar-refractivity contribution in [1.29, 1.82) is 0 Å². The third kappa shape index (κ3) is 1.51. The maximum absolute atomic E-state index is 5.63. The maximum atomic E-state index is 5.63. The van der Waals surface area contributed by atoms with Crippen LogP contribution >= 0.6 is 11.7 Å². The monoisotopic (exact) mass is 208 g/mol. The van der Waals surface area contributed by atoms with Crippen molar-refractivity contribution >= 4 is 17.5 Å². The molecule has 0 fully saturated rings. The van der Waals surface area contributed by atoms with Crippen LogP contribution < -0.4 is 10.5 Å². The number of ether oxygens (including phenoxy) is 1. The summed E-state index contributed by atoms with van der Waals surface area (Å²) in [5.41, 5.74) is 7.10. The van der Waals surface area contributed by atoms with E-state index in [1.165, 1.54) is 0 Å². The molecule has 2 rings (SSSR count). The van der Waals surface area contributed by atoms with Gasteiger partial charge >= 0.3 is 0 Å². The highest BCUT2D eigenvalue weighted by Crippen LogP contribution is 2.25. The van der Waals surface area contributed by atoms with Crippen LogP contribution in [0.4, 0.5) is 5.82 Å². The summed E-state index contributed by atoms with van der Waals surface area (Å²) in [6.45, 7) is 0. The Balaban J connectivity index is 2.47. The van der Waals surface area contributed by atoms with Crippen LogP contribution in [0.5, 0.6) is 5.75 Å². The Morgan fingerprint density at radius 2 is 2.21 bits per heavy atom. The van der Waals surface area contributed by atoms with Crippen LogP contribution in [0.3, 0.4) is 0 Å². The molecule has 0 aliphatic rings. The highest BCUT2D eigenvalue weighted by molar-refractivity contribution is 6.99. The summed E-state index contributed by atoms with van der Waals surface area (Å²) in [7, 11) is 1.59. The van der Waals surface area contributed by atoms with Crippen molar-refractivity contribution in [2.24, 2.45) is 0 Å². The summed E-state index contributed by atoms with van der Waals surface area (Å²) in [4.78, 5) is 4.01. The minimum Gasteiger partial charge on any atom is -0.495 e. The number of nitrogens with two attached hydrogens (primary N) is 1. The maximum Gasteiger partial charge on any atom is 0.165 e. The zero-order valence-electron chi connectivity index (χ0n) is 7.47. The van der Waals surface area contributed by atoms with Gasteiger partial charge in [0, 0.05) is 11.8 Å². The van der Waals surface area contributed by atoms with Gasteiger partial charge in [0.05, 0.1) is 25.0 Å². The SMILES string of the molecule is COc1cncc(-c2nsnc2N)c1. The predicted molar refractivity (Wildman–Crippen MR) is 54.1 cm³/mol. The number of hydrogen-bond donors (Lipinski definition) is 1. The highest BCUT2D eigenvalue weighted by atomic mass is 32.1. The van der Waals surface area contributed by atoms with Crippen LogP contribution in [0, 0.1) is 0 Å². The van der Waals surface area contributed by atoms with Gasteiger partial charge < -0.3 is 10.5 Å². The normalized spacial score (nSPS) is 10.1. The van der Waals surface area contributed by atoms with E-state index in [9.17, 15) is 0 Å². The quantitative estimate of drug-likeness (QED) is 0.802. The molecule has 2 N–H and O–H groups in total. The summed E-state index contributed by atoms with van der Waals surface area (Å²) in [6, 6.07) is 1.82. The van der Waals surface area contributed by atoms with Gasteiger partial charge in [0.1, 0.15) is 11.4 Å². The molecule has 2 aromatic rings. The number of anilines is 1. The molecule has 0 unspecified atom stereocenters. The van der Waals surface area contributed by atoms with E-state index in [2.05, 4.69) is 13.7 Å². The molecular weight excluding hydrogens is 200 g/mol. The summed E-state index contributed by atoms with van der Waals surface area (Å²) in [5.74, 6) is 1.10. The Morgan fingerprint density at radius 1 is 1.36 bits per heavy atom. The Bertz CT molecular complexity index is 442. The van der Waals surface area contributed by atoms with Crippen LogP contribution in [-0.2, 0) is 0 Å². The number of nitrogen functional groups attached to an aromatic ring is 1. The first kappa shape index (κ1) is 8.89. The van der Waals surface area contributed by atoms with Gasteiger partial charge in [-0.15, -0.1) is 0 Å². The zero-order chi connectivity index (χ0) is 9.97. The molecule has 14 heavy (non-hydrogen) atoms. The average molecular weight is 208 g/mol. The molecule has 5 nitrogen and oxygen atoms in total. The number of aromatic nitrogens is 3. The third-order valence-electron chi connectivity index (χ3n) is 1.74. The van der Waals surface area contributed by atoms with Gasteiger partial charge in [-0.25, -0.2) is 0 Å². The molecule has 2 heterocycles. The first-order valence-electron chi connectivity index (χ1n) is 3.88. The van der Waals surface area contributed by atoms with Crippen molar-refractivity contribution in [3.8, 4) is 17.0 Å². The lowest BCUT2D eigenvalue weighted by Gasteiger charge is -2.00. The van der Waals surface area contributed by atoms with Crippen molar-refractivity contribution < 1.29 is 4.74 Å². The van der Waals surface area contributed by atoms with Crippen LogP contribution in [0.15, 0.2) is 18.5 Å². The lowest BCUT2D eigenvalue weighted by molar-refractivity contribution is 0.413. The standard InChI is InChI=1S/C8H8N4OS/c1-13-6-2-5(3-10-4-6)7-8(9)12-14-11-7/h2-4H,1H3,(H2,9,12). The second-order valence-electron chi connectivity index (χ2n) is 2.61. The summed E-state index contributed by atoms with van der Waals surface area (Å²) in [6.07, 6.45) is 3.30. The first-order chi connectivity index (χ1) is 6.81. The first-order valence-corrected chi connectivity index (χ1v) is 4.61. The fraction of sp³-hybridized carbons (Fsp3) is 0.125. The molecule has 0 saturated carbocycles.